The maximum atomic E-state index is 13.7. The number of hydrogen-bond donors (Lipinski definition) is 4. The van der Waals surface area contributed by atoms with Gasteiger partial charge in [0.05, 0.1) is 6.54 Å². The van der Waals surface area contributed by atoms with Crippen LogP contribution in [0.1, 0.15) is 25.8 Å². The first-order valence-electron chi connectivity index (χ1n) is 7.56. The summed E-state index contributed by atoms with van der Waals surface area (Å²) in [6.07, 6.45) is 2.81. The number of fused-ring (bicyclic) bond motifs is 1. The van der Waals surface area contributed by atoms with E-state index in [1.807, 2.05) is 13.1 Å². The Bertz CT molecular complexity index is 649. The van der Waals surface area contributed by atoms with Gasteiger partial charge in [0.15, 0.2) is 0 Å². The summed E-state index contributed by atoms with van der Waals surface area (Å²) in [5.74, 6) is 0.481. The SMILES string of the molecule is CC[C@H](C)C(CN=C(N)c1cc(F)cc2[nH]ccc12)NNC. The average molecular weight is 305 g/mol. The van der Waals surface area contributed by atoms with Crippen LogP contribution in [0.15, 0.2) is 29.4 Å². The summed E-state index contributed by atoms with van der Waals surface area (Å²) < 4.78 is 13.7. The van der Waals surface area contributed by atoms with Gasteiger partial charge in [-0.1, -0.05) is 20.3 Å². The highest BCUT2D eigenvalue weighted by molar-refractivity contribution is 6.08. The molecule has 0 saturated heterocycles. The molecule has 0 aliphatic carbocycles. The van der Waals surface area contributed by atoms with Crippen molar-refractivity contribution in [3.63, 3.8) is 0 Å². The van der Waals surface area contributed by atoms with E-state index in [2.05, 4.69) is 34.7 Å². The second kappa shape index (κ2) is 7.38. The van der Waals surface area contributed by atoms with E-state index in [1.54, 1.807) is 6.20 Å². The lowest BCUT2D eigenvalue weighted by atomic mass is 10.00. The van der Waals surface area contributed by atoms with Crippen molar-refractivity contribution < 1.29 is 4.39 Å². The van der Waals surface area contributed by atoms with Gasteiger partial charge in [-0.25, -0.2) is 4.39 Å². The quantitative estimate of drug-likeness (QED) is 0.359. The van der Waals surface area contributed by atoms with Crippen molar-refractivity contribution in [1.29, 1.82) is 0 Å². The maximum absolute atomic E-state index is 13.7. The number of halogens is 1. The predicted molar refractivity (Wildman–Crippen MR) is 89.3 cm³/mol. The van der Waals surface area contributed by atoms with Crippen molar-refractivity contribution in [3.05, 3.63) is 35.8 Å². The molecule has 22 heavy (non-hydrogen) atoms. The van der Waals surface area contributed by atoms with Crippen LogP contribution in [0.3, 0.4) is 0 Å². The number of aromatic nitrogens is 1. The fourth-order valence-electron chi connectivity index (χ4n) is 2.46. The Morgan fingerprint density at radius 1 is 1.45 bits per heavy atom. The third-order valence-corrected chi connectivity index (χ3v) is 4.03. The van der Waals surface area contributed by atoms with Crippen LogP contribution < -0.4 is 16.6 Å². The van der Waals surface area contributed by atoms with Crippen LogP contribution in [0, 0.1) is 11.7 Å². The van der Waals surface area contributed by atoms with Crippen LogP contribution in [0.25, 0.3) is 10.9 Å². The van der Waals surface area contributed by atoms with E-state index < -0.39 is 0 Å². The van der Waals surface area contributed by atoms with Gasteiger partial charge in [0.1, 0.15) is 11.7 Å². The first-order valence-corrected chi connectivity index (χ1v) is 7.56. The smallest absolute Gasteiger partial charge is 0.126 e. The minimum atomic E-state index is -0.324. The molecule has 5 N–H and O–H groups in total. The fraction of sp³-hybridized carbons (Fsp3) is 0.438. The van der Waals surface area contributed by atoms with Crippen LogP contribution in [0.2, 0.25) is 0 Å². The Labute approximate surface area is 130 Å². The topological polar surface area (TPSA) is 78.2 Å². The van der Waals surface area contributed by atoms with Gasteiger partial charge in [-0.05, 0) is 31.2 Å². The zero-order chi connectivity index (χ0) is 16.1. The molecule has 2 rings (SSSR count). The molecule has 120 valence electrons. The predicted octanol–water partition coefficient (Wildman–Crippen LogP) is 2.15. The lowest BCUT2D eigenvalue weighted by Gasteiger charge is -2.22. The summed E-state index contributed by atoms with van der Waals surface area (Å²) >= 11 is 0. The highest BCUT2D eigenvalue weighted by atomic mass is 19.1. The number of hydrogen-bond acceptors (Lipinski definition) is 3. The number of rotatable bonds is 7. The molecule has 0 aliphatic heterocycles. The van der Waals surface area contributed by atoms with Crippen molar-refractivity contribution in [2.75, 3.05) is 13.6 Å². The molecule has 2 aromatic rings. The van der Waals surface area contributed by atoms with Gasteiger partial charge in [0.2, 0.25) is 0 Å². The first kappa shape index (κ1) is 16.5. The van der Waals surface area contributed by atoms with Gasteiger partial charge < -0.3 is 10.7 Å². The number of nitrogens with one attached hydrogen (secondary N) is 3. The van der Waals surface area contributed by atoms with Gasteiger partial charge in [-0.15, -0.1) is 0 Å². The molecule has 0 radical (unpaired) electrons. The van der Waals surface area contributed by atoms with E-state index in [-0.39, 0.29) is 11.9 Å². The first-order chi connectivity index (χ1) is 10.6. The maximum Gasteiger partial charge on any atom is 0.126 e. The highest BCUT2D eigenvalue weighted by Crippen LogP contribution is 2.19. The Kier molecular flexibility index (Phi) is 5.51. The zero-order valence-corrected chi connectivity index (χ0v) is 13.3. The summed E-state index contributed by atoms with van der Waals surface area (Å²) in [5, 5.41) is 0.879. The Hall–Kier alpha value is -1.92. The molecular formula is C16H24FN5. The standard InChI is InChI=1S/C16H24FN5/c1-4-10(2)15(22-19-3)9-21-16(18)13-7-11(17)8-14-12(13)5-6-20-14/h5-8,10,15,19-20,22H,4,9H2,1-3H3,(H2,18,21)/t10-,15?/m0/s1. The summed E-state index contributed by atoms with van der Waals surface area (Å²) in [6, 6.07) is 4.93. The second-order valence-corrected chi connectivity index (χ2v) is 5.50. The Balaban J connectivity index is 2.24. The third kappa shape index (κ3) is 3.64. The van der Waals surface area contributed by atoms with Gasteiger partial charge in [0.25, 0.3) is 0 Å². The second-order valence-electron chi connectivity index (χ2n) is 5.50. The number of hydrazine groups is 1. The Morgan fingerprint density at radius 3 is 2.91 bits per heavy atom. The highest BCUT2D eigenvalue weighted by Gasteiger charge is 2.15. The van der Waals surface area contributed by atoms with Crippen molar-refractivity contribution in [2.45, 2.75) is 26.3 Å². The number of benzene rings is 1. The molecule has 5 nitrogen and oxygen atoms in total. The summed E-state index contributed by atoms with van der Waals surface area (Å²) in [4.78, 5) is 7.46. The molecule has 1 aromatic heterocycles. The summed E-state index contributed by atoms with van der Waals surface area (Å²) in [5.41, 5.74) is 13.6. The molecule has 0 fully saturated rings. The largest absolute Gasteiger partial charge is 0.383 e. The summed E-state index contributed by atoms with van der Waals surface area (Å²) in [7, 11) is 1.83. The van der Waals surface area contributed by atoms with Crippen LogP contribution in [-0.2, 0) is 0 Å². The van der Waals surface area contributed by atoms with E-state index in [9.17, 15) is 4.39 Å². The number of H-pyrrole nitrogens is 1. The van der Waals surface area contributed by atoms with Gasteiger partial charge >= 0.3 is 0 Å². The number of amidine groups is 1. The number of nitrogens with two attached hydrogens (primary N) is 1. The van der Waals surface area contributed by atoms with Crippen LogP contribution in [0.4, 0.5) is 4.39 Å². The van der Waals surface area contributed by atoms with Gasteiger partial charge in [-0.3, -0.25) is 15.8 Å². The van der Waals surface area contributed by atoms with Crippen molar-refractivity contribution in [2.24, 2.45) is 16.6 Å². The number of aliphatic imine (C=N–C) groups is 1. The average Bonchev–Trinajstić information content (AvgIpc) is 2.97. The molecule has 1 heterocycles. The molecule has 0 spiro atoms. The minimum absolute atomic E-state index is 0.170. The molecule has 0 aliphatic rings. The third-order valence-electron chi connectivity index (χ3n) is 4.03. The minimum Gasteiger partial charge on any atom is -0.383 e. The number of aromatic amines is 1. The van der Waals surface area contributed by atoms with E-state index >= 15 is 0 Å². The van der Waals surface area contributed by atoms with Crippen LogP contribution in [0.5, 0.6) is 0 Å². The van der Waals surface area contributed by atoms with E-state index in [0.717, 1.165) is 17.3 Å². The van der Waals surface area contributed by atoms with E-state index in [0.29, 0.717) is 23.9 Å². The fourth-order valence-corrected chi connectivity index (χ4v) is 2.46. The van der Waals surface area contributed by atoms with E-state index in [1.165, 1.54) is 12.1 Å². The number of nitrogens with zero attached hydrogens (tertiary/aromatic N) is 1. The molecule has 6 heteroatoms. The molecule has 0 bridgehead atoms. The Morgan fingerprint density at radius 2 is 2.23 bits per heavy atom. The molecule has 1 unspecified atom stereocenters. The molecule has 1 aromatic carbocycles. The summed E-state index contributed by atoms with van der Waals surface area (Å²) in [6.45, 7) is 4.83. The monoisotopic (exact) mass is 305 g/mol. The lowest BCUT2D eigenvalue weighted by Crippen LogP contribution is -2.44. The van der Waals surface area contributed by atoms with Crippen molar-refractivity contribution in [3.8, 4) is 0 Å². The molecular weight excluding hydrogens is 281 g/mol. The molecule has 0 saturated carbocycles. The normalized spacial score (nSPS) is 15.2. The zero-order valence-electron chi connectivity index (χ0n) is 13.3. The van der Waals surface area contributed by atoms with Crippen molar-refractivity contribution in [1.82, 2.24) is 15.8 Å². The molecule has 2 atom stereocenters. The van der Waals surface area contributed by atoms with Gasteiger partial charge in [0, 0.05) is 28.7 Å². The van der Waals surface area contributed by atoms with Gasteiger partial charge in [-0.2, -0.15) is 0 Å². The van der Waals surface area contributed by atoms with Crippen LogP contribution >= 0.6 is 0 Å². The van der Waals surface area contributed by atoms with E-state index in [4.69, 9.17) is 5.73 Å². The molecule has 0 amide bonds. The van der Waals surface area contributed by atoms with Crippen molar-refractivity contribution >= 4 is 16.7 Å². The van der Waals surface area contributed by atoms with Crippen LogP contribution in [-0.4, -0.2) is 30.5 Å². The lowest BCUT2D eigenvalue weighted by molar-refractivity contribution is 0.346.